The zero-order valence-corrected chi connectivity index (χ0v) is 11.9. The van der Waals surface area contributed by atoms with E-state index in [2.05, 4.69) is 0 Å². The van der Waals surface area contributed by atoms with E-state index in [-0.39, 0.29) is 11.0 Å². The molecule has 0 saturated carbocycles. The van der Waals surface area contributed by atoms with Crippen LogP contribution in [0.3, 0.4) is 0 Å². The molecule has 1 aliphatic heterocycles. The zero-order valence-electron chi connectivity index (χ0n) is 11.9. The van der Waals surface area contributed by atoms with Crippen LogP contribution in [-0.4, -0.2) is 23.4 Å². The molecule has 0 unspecified atom stereocenters. The molecule has 0 aromatic carbocycles. The maximum Gasteiger partial charge on any atom is 0.245 e. The van der Waals surface area contributed by atoms with Crippen LogP contribution in [0.25, 0.3) is 0 Å². The molecule has 1 saturated heterocycles. The molecule has 0 radical (unpaired) electrons. The van der Waals surface area contributed by atoms with Gasteiger partial charge in [-0.2, -0.15) is 0 Å². The summed E-state index contributed by atoms with van der Waals surface area (Å²) in [5.74, 6) is 0.482. The van der Waals surface area contributed by atoms with Gasteiger partial charge in [-0.05, 0) is 38.3 Å². The Labute approximate surface area is 118 Å². The monoisotopic (exact) mass is 283 g/mol. The molecule has 1 aliphatic rings. The number of hydrogen-bond acceptors (Lipinski definition) is 5. The van der Waals surface area contributed by atoms with Gasteiger partial charge in [0.25, 0.3) is 0 Å². The Bertz CT molecular complexity index is 419. The molecule has 112 valence electrons. The van der Waals surface area contributed by atoms with E-state index in [4.69, 9.17) is 13.9 Å². The first-order chi connectivity index (χ1) is 9.61. The molecular weight excluding hydrogens is 262 g/mol. The quantitative estimate of drug-likeness (QED) is 0.591. The van der Waals surface area contributed by atoms with Crippen molar-refractivity contribution in [2.24, 2.45) is 0 Å². The van der Waals surface area contributed by atoms with E-state index < -0.39 is 18.4 Å². The predicted molar refractivity (Wildman–Crippen MR) is 71.8 cm³/mol. The summed E-state index contributed by atoms with van der Waals surface area (Å²) in [5, 5.41) is 11.2. The molecular formula is C14H21NO5. The average Bonchev–Trinajstić information content (AvgIpc) is 2.91. The Balaban J connectivity index is 2.12. The molecule has 4 atom stereocenters. The van der Waals surface area contributed by atoms with Gasteiger partial charge in [-0.25, -0.2) is 0 Å². The van der Waals surface area contributed by atoms with Crippen LogP contribution >= 0.6 is 0 Å². The van der Waals surface area contributed by atoms with Gasteiger partial charge in [-0.1, -0.05) is 6.92 Å². The number of furan rings is 1. The topological polar surface area (TPSA) is 74.7 Å². The van der Waals surface area contributed by atoms with E-state index in [0.717, 1.165) is 19.3 Å². The van der Waals surface area contributed by atoms with E-state index in [9.17, 15) is 10.1 Å². The Hall–Kier alpha value is -1.40. The van der Waals surface area contributed by atoms with Crippen LogP contribution in [0.2, 0.25) is 0 Å². The molecule has 0 aliphatic carbocycles. The second-order valence-corrected chi connectivity index (χ2v) is 5.14. The second-order valence-electron chi connectivity index (χ2n) is 5.14. The van der Waals surface area contributed by atoms with Crippen molar-refractivity contribution in [1.29, 1.82) is 0 Å². The Morgan fingerprint density at radius 3 is 2.90 bits per heavy atom. The number of nitrogens with zero attached hydrogens (tertiary/aromatic N) is 1. The lowest BCUT2D eigenvalue weighted by atomic mass is 10.1. The lowest BCUT2D eigenvalue weighted by Crippen LogP contribution is -2.35. The molecule has 0 bridgehead atoms. The zero-order chi connectivity index (χ0) is 14.5. The Morgan fingerprint density at radius 2 is 2.35 bits per heavy atom. The van der Waals surface area contributed by atoms with Crippen molar-refractivity contribution in [3.8, 4) is 0 Å². The molecule has 0 amide bonds. The minimum atomic E-state index is -0.831. The first-order valence-corrected chi connectivity index (χ1v) is 7.09. The summed E-state index contributed by atoms with van der Waals surface area (Å²) < 4.78 is 16.9. The largest absolute Gasteiger partial charge is 0.466 e. The summed E-state index contributed by atoms with van der Waals surface area (Å²) in [5.41, 5.74) is 0. The third kappa shape index (κ3) is 3.58. The van der Waals surface area contributed by atoms with Crippen LogP contribution < -0.4 is 0 Å². The first kappa shape index (κ1) is 15.0. The summed E-state index contributed by atoms with van der Waals surface area (Å²) in [4.78, 5) is 10.9. The third-order valence-electron chi connectivity index (χ3n) is 3.60. The number of hydrogen-bond donors (Lipinski definition) is 0. The highest BCUT2D eigenvalue weighted by Gasteiger charge is 2.37. The van der Waals surface area contributed by atoms with Crippen molar-refractivity contribution in [3.63, 3.8) is 0 Å². The highest BCUT2D eigenvalue weighted by atomic mass is 16.7. The van der Waals surface area contributed by atoms with Crippen LogP contribution in [0.1, 0.15) is 51.4 Å². The summed E-state index contributed by atoms with van der Waals surface area (Å²) >= 11 is 0. The molecule has 1 aromatic rings. The number of rotatable bonds is 6. The third-order valence-corrected chi connectivity index (χ3v) is 3.60. The van der Waals surface area contributed by atoms with E-state index in [0.29, 0.717) is 12.2 Å². The molecule has 20 heavy (non-hydrogen) atoms. The molecule has 2 heterocycles. The summed E-state index contributed by atoms with van der Waals surface area (Å²) in [6.45, 7) is 3.76. The van der Waals surface area contributed by atoms with Gasteiger partial charge in [0.05, 0.1) is 12.4 Å². The van der Waals surface area contributed by atoms with Gasteiger partial charge in [0.2, 0.25) is 6.04 Å². The fraction of sp³-hybridized carbons (Fsp3) is 0.714. The van der Waals surface area contributed by atoms with Crippen molar-refractivity contribution in [1.82, 2.24) is 0 Å². The molecule has 0 N–H and O–H groups in total. The number of nitro groups is 1. The van der Waals surface area contributed by atoms with E-state index in [1.807, 2.05) is 6.92 Å². The van der Waals surface area contributed by atoms with Gasteiger partial charge in [0.15, 0.2) is 12.4 Å². The lowest BCUT2D eigenvalue weighted by molar-refractivity contribution is -0.541. The van der Waals surface area contributed by atoms with E-state index >= 15 is 0 Å². The summed E-state index contributed by atoms with van der Waals surface area (Å²) in [6.07, 6.45) is 3.66. The van der Waals surface area contributed by atoms with Gasteiger partial charge in [0.1, 0.15) is 5.76 Å². The lowest BCUT2D eigenvalue weighted by Gasteiger charge is -2.31. The van der Waals surface area contributed by atoms with Gasteiger partial charge in [-0.3, -0.25) is 10.1 Å². The highest BCUT2D eigenvalue weighted by molar-refractivity contribution is 5.04. The molecule has 6 heteroatoms. The van der Waals surface area contributed by atoms with E-state index in [1.165, 1.54) is 6.26 Å². The van der Waals surface area contributed by atoms with Crippen LogP contribution in [-0.2, 0) is 9.47 Å². The summed E-state index contributed by atoms with van der Waals surface area (Å²) in [6, 6.07) is 2.59. The second kappa shape index (κ2) is 6.85. The van der Waals surface area contributed by atoms with Crippen molar-refractivity contribution in [2.45, 2.75) is 64.1 Å². The van der Waals surface area contributed by atoms with Gasteiger partial charge in [0, 0.05) is 11.3 Å². The SMILES string of the molecule is CC[C@H]([C@H](O[C@@H]1CCC[C@H](C)O1)c1ccco1)[N+](=O)[O-]. The first-order valence-electron chi connectivity index (χ1n) is 7.09. The van der Waals surface area contributed by atoms with E-state index in [1.54, 1.807) is 19.1 Å². The van der Waals surface area contributed by atoms with Crippen LogP contribution in [0.4, 0.5) is 0 Å². The summed E-state index contributed by atoms with van der Waals surface area (Å²) in [7, 11) is 0. The average molecular weight is 283 g/mol. The molecule has 1 aromatic heterocycles. The maximum atomic E-state index is 11.2. The van der Waals surface area contributed by atoms with Crippen LogP contribution in [0, 0.1) is 10.1 Å². The normalized spacial score (nSPS) is 26.1. The minimum absolute atomic E-state index is 0.127. The van der Waals surface area contributed by atoms with Crippen LogP contribution in [0.15, 0.2) is 22.8 Å². The Morgan fingerprint density at radius 1 is 1.55 bits per heavy atom. The fourth-order valence-corrected chi connectivity index (χ4v) is 2.51. The fourth-order valence-electron chi connectivity index (χ4n) is 2.51. The van der Waals surface area contributed by atoms with Gasteiger partial charge < -0.3 is 13.9 Å². The standard InChI is InChI=1S/C14H21NO5/c1-3-11(15(16)17)14(12-7-5-9-18-12)20-13-8-4-6-10(2)19-13/h5,7,9-11,13-14H,3-4,6,8H2,1-2H3/t10-,11+,13+,14-/m0/s1. The van der Waals surface area contributed by atoms with Crippen molar-refractivity contribution < 1.29 is 18.8 Å². The molecule has 2 rings (SSSR count). The van der Waals surface area contributed by atoms with Gasteiger partial charge in [-0.15, -0.1) is 0 Å². The smallest absolute Gasteiger partial charge is 0.245 e. The minimum Gasteiger partial charge on any atom is -0.466 e. The highest BCUT2D eigenvalue weighted by Crippen LogP contribution is 2.30. The van der Waals surface area contributed by atoms with Crippen molar-refractivity contribution in [2.75, 3.05) is 0 Å². The maximum absolute atomic E-state index is 11.2. The molecule has 1 fully saturated rings. The van der Waals surface area contributed by atoms with Gasteiger partial charge >= 0.3 is 0 Å². The molecule has 0 spiro atoms. The number of ether oxygens (including phenoxy) is 2. The van der Waals surface area contributed by atoms with Crippen molar-refractivity contribution in [3.05, 3.63) is 34.3 Å². The van der Waals surface area contributed by atoms with Crippen molar-refractivity contribution >= 4 is 0 Å². The molecule has 6 nitrogen and oxygen atoms in total. The predicted octanol–water partition coefficient (Wildman–Crippen LogP) is 3.31. The van der Waals surface area contributed by atoms with Crippen LogP contribution in [0.5, 0.6) is 0 Å². The Kier molecular flexibility index (Phi) is 5.14.